The summed E-state index contributed by atoms with van der Waals surface area (Å²) in [6.07, 6.45) is -2.97. The Morgan fingerprint density at radius 1 is 0.500 bits per heavy atom. The molecule has 272 valence electrons. The van der Waals surface area contributed by atoms with Crippen LogP contribution in [0, 0.1) is 0 Å². The van der Waals surface area contributed by atoms with Crippen LogP contribution in [0.5, 0.6) is 0 Å². The highest BCUT2D eigenvalue weighted by atomic mass is 32.1. The number of hydrogen-bond acceptors (Lipinski definition) is 22. The molecule has 46 heavy (non-hydrogen) atoms. The van der Waals surface area contributed by atoms with Crippen molar-refractivity contribution < 1.29 is 104 Å². The fourth-order valence-electron chi connectivity index (χ4n) is 2.18. The average molecular weight is 864 g/mol. The lowest BCUT2D eigenvalue weighted by molar-refractivity contribution is -0.301. The summed E-state index contributed by atoms with van der Waals surface area (Å²) in [6.45, 7) is -5.21. The number of aliphatic hydroxyl groups excluding tert-OH is 5. The molecule has 0 bridgehead atoms. The molecule has 22 nitrogen and oxygen atoms in total. The van der Waals surface area contributed by atoms with Gasteiger partial charge < -0.3 is 57.6 Å². The van der Waals surface area contributed by atoms with Crippen molar-refractivity contribution in [1.82, 2.24) is 0 Å². The zero-order valence-electron chi connectivity index (χ0n) is 23.4. The van der Waals surface area contributed by atoms with Crippen LogP contribution in [0.2, 0.25) is 0 Å². The smallest absolute Gasteiger partial charge is 0.275 e. The zero-order valence-corrected chi connectivity index (χ0v) is 32.9. The number of rotatable bonds is 35. The quantitative estimate of drug-likeness (QED) is 0.0263. The summed E-state index contributed by atoms with van der Waals surface area (Å²) in [5.74, 6) is 0. The molecule has 0 spiro atoms. The number of ether oxygens (including phenoxy) is 2. The van der Waals surface area contributed by atoms with E-state index in [1.807, 2.05) is 0 Å². The predicted octanol–water partition coefficient (Wildman–Crippen LogP) is 3.66. The topological polar surface area (TPSA) is 282 Å². The molecule has 10 unspecified atom stereocenters. The van der Waals surface area contributed by atoms with Crippen LogP contribution < -0.4 is 0 Å². The molecular weight excluding hydrogens is 830 g/mol. The zero-order chi connectivity index (χ0) is 34.4. The van der Waals surface area contributed by atoms with E-state index < -0.39 is 117 Å². The predicted molar refractivity (Wildman–Crippen MR) is 168 cm³/mol. The van der Waals surface area contributed by atoms with Crippen LogP contribution in [0.15, 0.2) is 0 Å². The molecule has 10 atom stereocenters. The lowest BCUT2D eigenvalue weighted by Crippen LogP contribution is -2.31. The van der Waals surface area contributed by atoms with Crippen LogP contribution >= 0.6 is 82.6 Å². The van der Waals surface area contributed by atoms with E-state index in [4.69, 9.17) is 90.3 Å². The molecule has 0 fully saturated rings. The molecule has 0 rings (SSSR count). The largest absolute Gasteiger partial charge is 0.376 e. The molecule has 0 aliphatic carbocycles. The van der Waals surface area contributed by atoms with E-state index in [9.17, 15) is 13.7 Å². The molecule has 0 aromatic carbocycles. The fourth-order valence-corrected chi connectivity index (χ4v) is 7.67. The Hall–Kier alpha value is 2.55. The highest BCUT2D eigenvalue weighted by molar-refractivity contribution is 8.11. The van der Waals surface area contributed by atoms with Crippen LogP contribution in [-0.4, -0.2) is 117 Å². The summed E-state index contributed by atoms with van der Waals surface area (Å²) in [7, 11) is -7.01. The van der Waals surface area contributed by atoms with Gasteiger partial charge in [0.2, 0.25) is 40.6 Å². The van der Waals surface area contributed by atoms with E-state index in [1.165, 1.54) is 0 Å². The summed E-state index contributed by atoms with van der Waals surface area (Å²) < 4.78 is 95.8. The molecule has 0 saturated carbocycles. The first-order chi connectivity index (χ1) is 22.3. The van der Waals surface area contributed by atoms with Crippen LogP contribution in [0.3, 0.4) is 0 Å². The standard InChI is InChI=1S/C14H34O22P10/c15-7-27-42(37)35-25-5-12(32-36-43(38)28-8-16)1-23-2-13(33-45(40-21)30-10-18)3-24-4-14(34-46(41-22)31-11-19)6-26-44(39-20)29-9-17/h12-19H,1-11,37-38H2. The lowest BCUT2D eigenvalue weighted by atomic mass is 10.4. The van der Waals surface area contributed by atoms with E-state index >= 15 is 0 Å². The Labute approximate surface area is 278 Å². The van der Waals surface area contributed by atoms with Crippen molar-refractivity contribution in [2.75, 3.05) is 73.6 Å². The molecule has 0 saturated heterocycles. The van der Waals surface area contributed by atoms with Crippen molar-refractivity contribution in [2.24, 2.45) is 0 Å². The summed E-state index contributed by atoms with van der Waals surface area (Å²) in [6, 6.07) is 0. The average Bonchev–Trinajstić information content (AvgIpc) is 3.04. The molecule has 5 N–H and O–H groups in total. The number of hydrogen-bond donors (Lipinski definition) is 5. The van der Waals surface area contributed by atoms with Crippen molar-refractivity contribution in [1.29, 1.82) is 0 Å². The van der Waals surface area contributed by atoms with E-state index in [2.05, 4.69) is 17.9 Å². The monoisotopic (exact) mass is 864 g/mol. The Kier molecular flexibility index (Phi) is 36.5. The third kappa shape index (κ3) is 27.2. The maximum atomic E-state index is 11.5. The van der Waals surface area contributed by atoms with Crippen LogP contribution in [0.25, 0.3) is 0 Å². The van der Waals surface area contributed by atoms with Gasteiger partial charge in [-0.15, -0.1) is 0 Å². The molecule has 0 amide bonds. The van der Waals surface area contributed by atoms with Gasteiger partial charge in [-0.2, -0.15) is 9.35 Å². The van der Waals surface area contributed by atoms with Gasteiger partial charge in [-0.1, -0.05) is 0 Å². The van der Waals surface area contributed by atoms with Crippen molar-refractivity contribution in [3.63, 3.8) is 0 Å². The molecule has 0 heterocycles. The third-order valence-electron chi connectivity index (χ3n) is 3.77. The SMILES string of the molecule is O=PP(OCO)OCC(COCC(COCC(COOP(P)OCO)OOP(P)OCO)OP(OCO)P=O)OP(OCO)P=O. The summed E-state index contributed by atoms with van der Waals surface area (Å²) in [4.78, 5) is 10.2. The van der Waals surface area contributed by atoms with Crippen molar-refractivity contribution >= 4 is 82.6 Å². The highest BCUT2D eigenvalue weighted by Gasteiger charge is 2.25. The molecule has 0 aromatic heterocycles. The maximum absolute atomic E-state index is 11.5. The third-order valence-corrected chi connectivity index (χ3v) is 12.3. The van der Waals surface area contributed by atoms with Gasteiger partial charge in [-0.25, -0.2) is 9.78 Å². The number of aliphatic hydroxyl groups is 5. The first-order valence-electron chi connectivity index (χ1n) is 11.7. The van der Waals surface area contributed by atoms with Gasteiger partial charge in [-0.05, 0) is 17.9 Å². The fraction of sp³-hybridized carbons (Fsp3) is 1.00. The van der Waals surface area contributed by atoms with Crippen molar-refractivity contribution in [2.45, 2.75) is 18.3 Å². The molecule has 0 radical (unpaired) electrons. The minimum absolute atomic E-state index is 0.229. The Morgan fingerprint density at radius 2 is 0.913 bits per heavy atom. The molecule has 0 aliphatic rings. The van der Waals surface area contributed by atoms with Gasteiger partial charge in [-0.3, -0.25) is 27.3 Å². The molecule has 32 heteroatoms. The first-order valence-corrected chi connectivity index (χ1v) is 25.4. The normalized spacial score (nSPS) is 17.5. The Morgan fingerprint density at radius 3 is 1.37 bits per heavy atom. The van der Waals surface area contributed by atoms with E-state index in [-0.39, 0.29) is 39.6 Å². The van der Waals surface area contributed by atoms with Crippen LogP contribution in [0.4, 0.5) is 0 Å². The van der Waals surface area contributed by atoms with Gasteiger partial charge in [0.15, 0.2) is 20.4 Å². The van der Waals surface area contributed by atoms with Gasteiger partial charge in [0.1, 0.15) is 38.5 Å². The molecular formula is C14H34O22P10. The summed E-state index contributed by atoms with van der Waals surface area (Å²) >= 11 is 0. The van der Waals surface area contributed by atoms with Gasteiger partial charge in [0, 0.05) is 0 Å². The second kappa shape index (κ2) is 34.6. The van der Waals surface area contributed by atoms with E-state index in [0.717, 1.165) is 0 Å². The van der Waals surface area contributed by atoms with Crippen LogP contribution in [-0.2, 0) is 78.5 Å². The van der Waals surface area contributed by atoms with Gasteiger partial charge in [0.05, 0.1) is 33.0 Å². The minimum atomic E-state index is -2.13. The minimum Gasteiger partial charge on any atom is -0.376 e. The maximum Gasteiger partial charge on any atom is 0.275 e. The van der Waals surface area contributed by atoms with Crippen molar-refractivity contribution in [3.05, 3.63) is 0 Å². The first kappa shape index (κ1) is 48.5. The Balaban J connectivity index is 5.38. The van der Waals surface area contributed by atoms with E-state index in [0.29, 0.717) is 0 Å². The summed E-state index contributed by atoms with van der Waals surface area (Å²) in [5.41, 5.74) is 0. The second-order valence-electron chi connectivity index (χ2n) is 6.80. The van der Waals surface area contributed by atoms with Crippen molar-refractivity contribution in [3.8, 4) is 0 Å². The molecule has 0 aliphatic heterocycles. The molecule has 0 aromatic rings. The highest BCUT2D eigenvalue weighted by Crippen LogP contribution is 2.54. The lowest BCUT2D eigenvalue weighted by Gasteiger charge is -2.24. The Bertz CT molecular complexity index is 743. The van der Waals surface area contributed by atoms with Gasteiger partial charge in [0.25, 0.3) is 24.2 Å². The van der Waals surface area contributed by atoms with Gasteiger partial charge >= 0.3 is 0 Å². The second-order valence-corrected chi connectivity index (χ2v) is 19.1. The van der Waals surface area contributed by atoms with E-state index in [1.54, 1.807) is 0 Å². The summed E-state index contributed by atoms with van der Waals surface area (Å²) in [5, 5.41) is 44.6. The van der Waals surface area contributed by atoms with Crippen LogP contribution in [0.1, 0.15) is 0 Å².